The first-order valence-corrected chi connectivity index (χ1v) is 11.9. The van der Waals surface area contributed by atoms with Gasteiger partial charge in [-0.25, -0.2) is 0 Å². The number of nitrogens with two attached hydrogens (primary N) is 1. The van der Waals surface area contributed by atoms with Crippen LogP contribution in [0.1, 0.15) is 18.9 Å². The second-order valence-corrected chi connectivity index (χ2v) is 10.3. The van der Waals surface area contributed by atoms with Crippen molar-refractivity contribution in [3.05, 3.63) is 54.1 Å². The molecule has 10 heteroatoms. The van der Waals surface area contributed by atoms with Crippen molar-refractivity contribution in [1.82, 2.24) is 8.61 Å². The number of ether oxygens (including phenoxy) is 2. The first kappa shape index (κ1) is 24.7. The summed E-state index contributed by atoms with van der Waals surface area (Å²) in [4.78, 5) is 12.2. The molecule has 1 aliphatic heterocycles. The number of amidine groups is 1. The Hall–Kier alpha value is -2.95. The predicted molar refractivity (Wildman–Crippen MR) is 126 cm³/mol. The second kappa shape index (κ2) is 9.90. The van der Waals surface area contributed by atoms with Crippen LogP contribution in [0.3, 0.4) is 0 Å². The van der Waals surface area contributed by atoms with Crippen LogP contribution >= 0.6 is 0 Å². The van der Waals surface area contributed by atoms with E-state index in [2.05, 4.69) is 0 Å². The number of methoxy groups -OCH3 is 1. The van der Waals surface area contributed by atoms with Gasteiger partial charge in [0.05, 0.1) is 19.1 Å². The molecule has 178 valence electrons. The minimum absolute atomic E-state index is 0.0197. The van der Waals surface area contributed by atoms with Crippen molar-refractivity contribution in [1.29, 1.82) is 5.41 Å². The van der Waals surface area contributed by atoms with Crippen molar-refractivity contribution in [2.24, 2.45) is 11.7 Å². The van der Waals surface area contributed by atoms with Gasteiger partial charge in [-0.3, -0.25) is 10.2 Å². The SMILES string of the molecule is COC(=O)[C@H]1C[C@@H](COc2ccc(-c3ccc(C(=N)N)cc3)cc2)N(S(=O)(=O)N(C)C)C1C. The normalized spacial score (nSPS) is 21.2. The molecule has 1 aliphatic rings. The maximum absolute atomic E-state index is 12.9. The Balaban J connectivity index is 1.74. The molecule has 0 spiro atoms. The standard InChI is InChI=1S/C23H30N4O5S/c1-15-21(23(28)31-4)13-19(27(15)33(29,30)26(2)3)14-32-20-11-9-17(10-12-20)16-5-7-18(8-6-16)22(24)25/h5-12,15,19,21H,13-14H2,1-4H3,(H3,24,25)/t15?,19-,21-/m0/s1. The molecule has 0 bridgehead atoms. The van der Waals surface area contributed by atoms with Gasteiger partial charge in [0.1, 0.15) is 18.2 Å². The molecule has 33 heavy (non-hydrogen) atoms. The van der Waals surface area contributed by atoms with Crippen LogP contribution in [-0.2, 0) is 19.7 Å². The molecule has 2 aromatic rings. The van der Waals surface area contributed by atoms with E-state index in [4.69, 9.17) is 20.6 Å². The van der Waals surface area contributed by atoms with E-state index in [1.54, 1.807) is 19.1 Å². The smallest absolute Gasteiger partial charge is 0.310 e. The zero-order valence-electron chi connectivity index (χ0n) is 19.2. The summed E-state index contributed by atoms with van der Waals surface area (Å²) in [6.07, 6.45) is 0.321. The minimum Gasteiger partial charge on any atom is -0.492 e. The average molecular weight is 475 g/mol. The van der Waals surface area contributed by atoms with Crippen molar-refractivity contribution in [3.8, 4) is 16.9 Å². The van der Waals surface area contributed by atoms with Gasteiger partial charge < -0.3 is 15.2 Å². The van der Waals surface area contributed by atoms with Gasteiger partial charge in [-0.15, -0.1) is 0 Å². The van der Waals surface area contributed by atoms with Crippen molar-refractivity contribution < 1.29 is 22.7 Å². The maximum Gasteiger partial charge on any atom is 0.310 e. The van der Waals surface area contributed by atoms with E-state index in [9.17, 15) is 13.2 Å². The quantitative estimate of drug-likeness (QED) is 0.343. The van der Waals surface area contributed by atoms with E-state index in [-0.39, 0.29) is 12.4 Å². The summed E-state index contributed by atoms with van der Waals surface area (Å²) >= 11 is 0. The fraction of sp³-hybridized carbons (Fsp3) is 0.391. The Bertz CT molecular complexity index is 1100. The molecule has 0 aliphatic carbocycles. The third-order valence-corrected chi connectivity index (χ3v) is 8.01. The minimum atomic E-state index is -3.75. The fourth-order valence-electron chi connectivity index (χ4n) is 4.06. The summed E-state index contributed by atoms with van der Waals surface area (Å²) in [6.45, 7) is 1.83. The summed E-state index contributed by atoms with van der Waals surface area (Å²) in [7, 11) is 0.484. The molecular formula is C23H30N4O5S. The van der Waals surface area contributed by atoms with Crippen molar-refractivity contribution in [2.45, 2.75) is 25.4 Å². The number of nitrogen functional groups attached to an aromatic ring is 1. The molecule has 1 fully saturated rings. The molecule has 0 amide bonds. The Kier molecular flexibility index (Phi) is 7.41. The summed E-state index contributed by atoms with van der Waals surface area (Å²) in [6, 6.07) is 13.8. The predicted octanol–water partition coefficient (Wildman–Crippen LogP) is 2.07. The van der Waals surface area contributed by atoms with Crippen molar-refractivity contribution in [2.75, 3.05) is 27.8 Å². The summed E-state index contributed by atoms with van der Waals surface area (Å²) in [5.74, 6) is -0.371. The van der Waals surface area contributed by atoms with Gasteiger partial charge in [-0.05, 0) is 36.6 Å². The van der Waals surface area contributed by atoms with E-state index in [0.717, 1.165) is 15.4 Å². The van der Waals surface area contributed by atoms with Crippen molar-refractivity contribution >= 4 is 22.0 Å². The summed E-state index contributed by atoms with van der Waals surface area (Å²) in [5.41, 5.74) is 8.10. The molecule has 1 heterocycles. The Labute approximate surface area is 194 Å². The van der Waals surface area contributed by atoms with E-state index in [0.29, 0.717) is 17.7 Å². The third kappa shape index (κ3) is 5.18. The zero-order chi connectivity index (χ0) is 24.3. The van der Waals surface area contributed by atoms with Crippen LogP contribution in [0.15, 0.2) is 48.5 Å². The monoisotopic (exact) mass is 474 g/mol. The van der Waals surface area contributed by atoms with E-state index >= 15 is 0 Å². The van der Waals surface area contributed by atoms with Crippen LogP contribution < -0.4 is 10.5 Å². The van der Waals surface area contributed by atoms with Gasteiger partial charge in [0.15, 0.2) is 0 Å². The van der Waals surface area contributed by atoms with Crippen LogP contribution in [-0.4, -0.2) is 68.7 Å². The lowest BCUT2D eigenvalue weighted by Gasteiger charge is -2.30. The number of nitrogens with one attached hydrogen (secondary N) is 1. The third-order valence-electron chi connectivity index (χ3n) is 5.93. The number of carbonyl (C=O) groups excluding carboxylic acids is 1. The molecule has 0 saturated carbocycles. The number of hydrogen-bond donors (Lipinski definition) is 2. The molecular weight excluding hydrogens is 444 g/mol. The molecule has 1 saturated heterocycles. The first-order chi connectivity index (χ1) is 15.6. The van der Waals surface area contributed by atoms with Crippen molar-refractivity contribution in [3.63, 3.8) is 0 Å². The van der Waals surface area contributed by atoms with E-state index < -0.39 is 34.2 Å². The molecule has 0 aromatic heterocycles. The molecule has 2 aromatic carbocycles. The average Bonchev–Trinajstić information content (AvgIpc) is 3.14. The first-order valence-electron chi connectivity index (χ1n) is 10.5. The molecule has 9 nitrogen and oxygen atoms in total. The van der Waals surface area contributed by atoms with Gasteiger partial charge >= 0.3 is 5.97 Å². The van der Waals surface area contributed by atoms with Crippen LogP contribution in [0.2, 0.25) is 0 Å². The van der Waals surface area contributed by atoms with Gasteiger partial charge in [-0.1, -0.05) is 36.4 Å². The van der Waals surface area contributed by atoms with E-state index in [1.807, 2.05) is 36.4 Å². The van der Waals surface area contributed by atoms with Crippen LogP contribution in [0.25, 0.3) is 11.1 Å². The van der Waals surface area contributed by atoms with Crippen LogP contribution in [0, 0.1) is 11.3 Å². The van der Waals surface area contributed by atoms with Crippen LogP contribution in [0.4, 0.5) is 0 Å². The highest BCUT2D eigenvalue weighted by molar-refractivity contribution is 7.86. The number of carbonyl (C=O) groups is 1. The fourth-order valence-corrected chi connectivity index (χ4v) is 5.52. The summed E-state index contributed by atoms with van der Waals surface area (Å²) < 4.78 is 39.1. The number of benzene rings is 2. The lowest BCUT2D eigenvalue weighted by atomic mass is 10.0. The summed E-state index contributed by atoms with van der Waals surface area (Å²) in [5, 5.41) is 7.48. The van der Waals surface area contributed by atoms with E-state index in [1.165, 1.54) is 25.5 Å². The largest absolute Gasteiger partial charge is 0.492 e. The Morgan fingerprint density at radius 1 is 1.12 bits per heavy atom. The number of nitrogens with zero attached hydrogens (tertiary/aromatic N) is 2. The van der Waals surface area contributed by atoms with Crippen LogP contribution in [0.5, 0.6) is 5.75 Å². The number of rotatable bonds is 8. The molecule has 3 rings (SSSR count). The maximum atomic E-state index is 12.9. The Morgan fingerprint density at radius 2 is 1.67 bits per heavy atom. The lowest BCUT2D eigenvalue weighted by Crippen LogP contribution is -2.48. The van der Waals surface area contributed by atoms with Gasteiger partial charge in [0, 0.05) is 25.7 Å². The van der Waals surface area contributed by atoms with Gasteiger partial charge in [0.25, 0.3) is 10.2 Å². The Morgan fingerprint density at radius 3 is 2.15 bits per heavy atom. The highest BCUT2D eigenvalue weighted by atomic mass is 32.2. The van der Waals surface area contributed by atoms with Gasteiger partial charge in [-0.2, -0.15) is 17.0 Å². The topological polar surface area (TPSA) is 126 Å². The molecule has 1 unspecified atom stereocenters. The number of hydrogen-bond acceptors (Lipinski definition) is 6. The highest BCUT2D eigenvalue weighted by Crippen LogP contribution is 2.34. The second-order valence-electron chi connectivity index (χ2n) is 8.21. The zero-order valence-corrected chi connectivity index (χ0v) is 20.0. The molecule has 0 radical (unpaired) electrons. The molecule has 3 N–H and O–H groups in total. The molecule has 3 atom stereocenters. The number of esters is 1. The van der Waals surface area contributed by atoms with Gasteiger partial charge in [0.2, 0.25) is 0 Å². The highest BCUT2D eigenvalue weighted by Gasteiger charge is 2.49. The lowest BCUT2D eigenvalue weighted by molar-refractivity contribution is -0.145.